The molecule has 0 amide bonds. The van der Waals surface area contributed by atoms with Gasteiger partial charge in [0.2, 0.25) is 0 Å². The monoisotopic (exact) mass is 232 g/mol. The summed E-state index contributed by atoms with van der Waals surface area (Å²) in [4.78, 5) is 4.86. The number of ether oxygens (including phenoxy) is 1. The van der Waals surface area contributed by atoms with Gasteiger partial charge in [0, 0.05) is 38.9 Å². The van der Waals surface area contributed by atoms with Gasteiger partial charge >= 0.3 is 0 Å². The lowest BCUT2D eigenvalue weighted by molar-refractivity contribution is 0.0341. The Bertz CT molecular complexity index is 399. The van der Waals surface area contributed by atoms with Crippen molar-refractivity contribution in [1.82, 2.24) is 4.90 Å². The van der Waals surface area contributed by atoms with Crippen molar-refractivity contribution in [2.45, 2.75) is 13.0 Å². The summed E-state index contributed by atoms with van der Waals surface area (Å²) in [6.07, 6.45) is 1.20. The van der Waals surface area contributed by atoms with E-state index in [4.69, 9.17) is 4.74 Å². The summed E-state index contributed by atoms with van der Waals surface area (Å²) in [6.45, 7) is 6.15. The summed E-state index contributed by atoms with van der Waals surface area (Å²) < 4.78 is 5.40. The molecule has 2 aliphatic rings. The van der Waals surface area contributed by atoms with Crippen LogP contribution < -0.4 is 4.90 Å². The number of nitrogens with zero attached hydrogens (tertiary/aromatic N) is 2. The molecule has 1 fully saturated rings. The van der Waals surface area contributed by atoms with Gasteiger partial charge in [-0.05, 0) is 23.6 Å². The lowest BCUT2D eigenvalue weighted by Crippen LogP contribution is -2.35. The Kier molecular flexibility index (Phi) is 3.04. The molecule has 2 aliphatic heterocycles. The van der Waals surface area contributed by atoms with Crippen molar-refractivity contribution in [3.05, 3.63) is 29.3 Å². The van der Waals surface area contributed by atoms with Gasteiger partial charge in [-0.2, -0.15) is 0 Å². The van der Waals surface area contributed by atoms with Crippen molar-refractivity contribution in [3.8, 4) is 0 Å². The van der Waals surface area contributed by atoms with Crippen LogP contribution in [0.3, 0.4) is 0 Å². The molecule has 92 valence electrons. The third-order valence-corrected chi connectivity index (χ3v) is 3.85. The fraction of sp³-hybridized carbons (Fsp3) is 0.571. The molecule has 1 aromatic carbocycles. The average molecular weight is 232 g/mol. The maximum Gasteiger partial charge on any atom is 0.0594 e. The Morgan fingerprint density at radius 3 is 2.82 bits per heavy atom. The Morgan fingerprint density at radius 1 is 1.18 bits per heavy atom. The molecule has 0 aromatic heterocycles. The van der Waals surface area contributed by atoms with E-state index in [1.165, 1.54) is 17.7 Å². The number of hydrogen-bond donors (Lipinski definition) is 0. The number of rotatable bonds is 2. The van der Waals surface area contributed by atoms with Crippen LogP contribution in [-0.4, -0.2) is 44.8 Å². The molecule has 0 saturated carbocycles. The molecule has 3 nitrogen and oxygen atoms in total. The van der Waals surface area contributed by atoms with E-state index < -0.39 is 0 Å². The average Bonchev–Trinajstić information content (AvgIpc) is 2.74. The van der Waals surface area contributed by atoms with Crippen LogP contribution in [0.1, 0.15) is 11.1 Å². The molecule has 0 aliphatic carbocycles. The predicted molar refractivity (Wildman–Crippen MR) is 69.5 cm³/mol. The van der Waals surface area contributed by atoms with Gasteiger partial charge < -0.3 is 9.64 Å². The van der Waals surface area contributed by atoms with Gasteiger partial charge in [0.25, 0.3) is 0 Å². The number of hydrogen-bond acceptors (Lipinski definition) is 3. The highest BCUT2D eigenvalue weighted by Crippen LogP contribution is 2.30. The SMILES string of the molecule is CN1CCc2c(CN3CCOCC3)cccc21. The second-order valence-corrected chi connectivity index (χ2v) is 4.97. The van der Waals surface area contributed by atoms with Crippen LogP contribution in [0.15, 0.2) is 18.2 Å². The standard InChI is InChI=1S/C14H20N2O/c1-15-6-5-13-12(3-2-4-14(13)15)11-16-7-9-17-10-8-16/h2-4H,5-11H2,1H3. The minimum atomic E-state index is 0.884. The highest BCUT2D eigenvalue weighted by molar-refractivity contribution is 5.60. The predicted octanol–water partition coefficient (Wildman–Crippen LogP) is 1.51. The molecule has 0 N–H and O–H groups in total. The molecule has 0 spiro atoms. The number of fused-ring (bicyclic) bond motifs is 1. The van der Waals surface area contributed by atoms with E-state index in [-0.39, 0.29) is 0 Å². The Labute approximate surface area is 103 Å². The third kappa shape index (κ3) is 2.17. The van der Waals surface area contributed by atoms with Crippen LogP contribution in [-0.2, 0) is 17.7 Å². The van der Waals surface area contributed by atoms with E-state index in [0.29, 0.717) is 0 Å². The largest absolute Gasteiger partial charge is 0.379 e. The zero-order valence-electron chi connectivity index (χ0n) is 10.5. The van der Waals surface area contributed by atoms with E-state index in [1.807, 2.05) is 0 Å². The molecule has 0 radical (unpaired) electrons. The first-order chi connectivity index (χ1) is 8.34. The first kappa shape index (κ1) is 11.1. The fourth-order valence-electron chi connectivity index (χ4n) is 2.82. The normalized spacial score (nSPS) is 20.6. The Hall–Kier alpha value is -1.06. The topological polar surface area (TPSA) is 15.7 Å². The van der Waals surface area contributed by atoms with Crippen molar-refractivity contribution < 1.29 is 4.74 Å². The maximum atomic E-state index is 5.40. The van der Waals surface area contributed by atoms with Crippen LogP contribution >= 0.6 is 0 Å². The van der Waals surface area contributed by atoms with Gasteiger partial charge in [-0.3, -0.25) is 4.90 Å². The minimum Gasteiger partial charge on any atom is -0.379 e. The molecule has 1 aromatic rings. The van der Waals surface area contributed by atoms with Gasteiger partial charge in [0.05, 0.1) is 13.2 Å². The van der Waals surface area contributed by atoms with E-state index in [1.54, 1.807) is 5.56 Å². The van der Waals surface area contributed by atoms with Crippen LogP contribution in [0.4, 0.5) is 5.69 Å². The molecule has 3 heteroatoms. The van der Waals surface area contributed by atoms with E-state index in [2.05, 4.69) is 35.0 Å². The first-order valence-corrected chi connectivity index (χ1v) is 6.46. The Balaban J connectivity index is 1.79. The highest BCUT2D eigenvalue weighted by atomic mass is 16.5. The highest BCUT2D eigenvalue weighted by Gasteiger charge is 2.20. The van der Waals surface area contributed by atoms with Crippen molar-refractivity contribution in [3.63, 3.8) is 0 Å². The number of likely N-dealkylation sites (N-methyl/N-ethyl adjacent to an activating group) is 1. The van der Waals surface area contributed by atoms with Crippen LogP contribution in [0, 0.1) is 0 Å². The summed E-state index contributed by atoms with van der Waals surface area (Å²) in [5.74, 6) is 0. The van der Waals surface area contributed by atoms with Crippen molar-refractivity contribution in [2.75, 3.05) is 44.8 Å². The summed E-state index contributed by atoms with van der Waals surface area (Å²) >= 11 is 0. The van der Waals surface area contributed by atoms with Crippen molar-refractivity contribution in [1.29, 1.82) is 0 Å². The van der Waals surface area contributed by atoms with Crippen molar-refractivity contribution >= 4 is 5.69 Å². The molecule has 17 heavy (non-hydrogen) atoms. The number of morpholine rings is 1. The molecule has 3 rings (SSSR count). The van der Waals surface area contributed by atoms with Crippen LogP contribution in [0.2, 0.25) is 0 Å². The summed E-state index contributed by atoms with van der Waals surface area (Å²) in [7, 11) is 2.18. The maximum absolute atomic E-state index is 5.40. The van der Waals surface area contributed by atoms with Gasteiger partial charge in [-0.15, -0.1) is 0 Å². The van der Waals surface area contributed by atoms with E-state index in [0.717, 1.165) is 39.4 Å². The van der Waals surface area contributed by atoms with Gasteiger partial charge in [0.1, 0.15) is 0 Å². The second-order valence-electron chi connectivity index (χ2n) is 4.97. The van der Waals surface area contributed by atoms with E-state index in [9.17, 15) is 0 Å². The van der Waals surface area contributed by atoms with Crippen molar-refractivity contribution in [2.24, 2.45) is 0 Å². The lowest BCUT2D eigenvalue weighted by Gasteiger charge is -2.27. The second kappa shape index (κ2) is 4.67. The molecule has 0 unspecified atom stereocenters. The Morgan fingerprint density at radius 2 is 2.00 bits per heavy atom. The third-order valence-electron chi connectivity index (χ3n) is 3.85. The van der Waals surface area contributed by atoms with Gasteiger partial charge in [-0.25, -0.2) is 0 Å². The fourth-order valence-corrected chi connectivity index (χ4v) is 2.82. The zero-order valence-corrected chi connectivity index (χ0v) is 10.5. The number of anilines is 1. The summed E-state index contributed by atoms with van der Waals surface area (Å²) in [5, 5.41) is 0. The molecule has 0 bridgehead atoms. The molecular formula is C14H20N2O. The van der Waals surface area contributed by atoms with Gasteiger partial charge in [-0.1, -0.05) is 12.1 Å². The quantitative estimate of drug-likeness (QED) is 0.769. The molecule has 1 saturated heterocycles. The summed E-state index contributed by atoms with van der Waals surface area (Å²) in [6, 6.07) is 6.72. The molecule has 2 heterocycles. The van der Waals surface area contributed by atoms with Crippen LogP contribution in [0.25, 0.3) is 0 Å². The summed E-state index contributed by atoms with van der Waals surface area (Å²) in [5.41, 5.74) is 4.49. The smallest absolute Gasteiger partial charge is 0.0594 e. The molecule has 0 atom stereocenters. The molecular weight excluding hydrogens is 212 g/mol. The first-order valence-electron chi connectivity index (χ1n) is 6.46. The van der Waals surface area contributed by atoms with E-state index >= 15 is 0 Å². The minimum absolute atomic E-state index is 0.884. The lowest BCUT2D eigenvalue weighted by atomic mass is 10.0. The van der Waals surface area contributed by atoms with Crippen LogP contribution in [0.5, 0.6) is 0 Å². The number of benzene rings is 1. The zero-order chi connectivity index (χ0) is 11.7. The van der Waals surface area contributed by atoms with Gasteiger partial charge in [0.15, 0.2) is 0 Å².